The van der Waals surface area contributed by atoms with Crippen LogP contribution in [0.4, 0.5) is 4.39 Å². The van der Waals surface area contributed by atoms with Crippen LogP contribution in [0, 0.1) is 5.82 Å². The number of halogens is 1. The Labute approximate surface area is 121 Å². The minimum atomic E-state index is -0.490. The van der Waals surface area contributed by atoms with Gasteiger partial charge in [-0.05, 0) is 42.0 Å². The normalized spacial score (nSPS) is 12.7. The predicted octanol–water partition coefficient (Wildman–Crippen LogP) is 4.71. The molecule has 1 heterocycles. The molecule has 20 heavy (non-hydrogen) atoms. The lowest BCUT2D eigenvalue weighted by Gasteiger charge is -2.07. The Bertz CT molecular complexity index is 705. The highest BCUT2D eigenvalue weighted by atomic mass is 32.1. The van der Waals surface area contributed by atoms with E-state index in [1.165, 1.54) is 29.0 Å². The van der Waals surface area contributed by atoms with E-state index in [0.717, 1.165) is 21.4 Å². The molecule has 0 aliphatic carbocycles. The van der Waals surface area contributed by atoms with Crippen molar-refractivity contribution in [3.8, 4) is 0 Å². The third kappa shape index (κ3) is 2.89. The number of fused-ring (bicyclic) bond motifs is 1. The summed E-state index contributed by atoms with van der Waals surface area (Å²) in [6.45, 7) is 0. The zero-order valence-electron chi connectivity index (χ0n) is 10.9. The fourth-order valence-corrected chi connectivity index (χ4v) is 3.39. The second kappa shape index (κ2) is 5.73. The average molecular weight is 286 g/mol. The Morgan fingerprint density at radius 2 is 1.85 bits per heavy atom. The van der Waals surface area contributed by atoms with Gasteiger partial charge in [-0.1, -0.05) is 36.4 Å². The van der Waals surface area contributed by atoms with E-state index in [9.17, 15) is 9.50 Å². The van der Waals surface area contributed by atoms with Crippen molar-refractivity contribution in [1.82, 2.24) is 0 Å². The van der Waals surface area contributed by atoms with E-state index in [1.54, 1.807) is 6.07 Å². The smallest absolute Gasteiger partial charge is 0.124 e. The van der Waals surface area contributed by atoms with Crippen molar-refractivity contribution < 1.29 is 9.50 Å². The molecule has 1 N–H and O–H groups in total. The van der Waals surface area contributed by atoms with E-state index >= 15 is 0 Å². The highest BCUT2D eigenvalue weighted by Crippen LogP contribution is 2.32. The van der Waals surface area contributed by atoms with Gasteiger partial charge in [-0.3, -0.25) is 0 Å². The summed E-state index contributed by atoms with van der Waals surface area (Å²) in [7, 11) is 0. The maximum Gasteiger partial charge on any atom is 0.124 e. The van der Waals surface area contributed by atoms with Crippen molar-refractivity contribution >= 4 is 21.4 Å². The van der Waals surface area contributed by atoms with Crippen LogP contribution in [0.25, 0.3) is 10.1 Å². The van der Waals surface area contributed by atoms with Gasteiger partial charge in [0.25, 0.3) is 0 Å². The van der Waals surface area contributed by atoms with E-state index in [1.807, 2.05) is 24.3 Å². The van der Waals surface area contributed by atoms with Crippen molar-refractivity contribution in [2.45, 2.75) is 18.9 Å². The summed E-state index contributed by atoms with van der Waals surface area (Å²) in [5.74, 6) is -0.232. The van der Waals surface area contributed by atoms with Gasteiger partial charge in [0.15, 0.2) is 0 Å². The largest absolute Gasteiger partial charge is 0.388 e. The third-order valence-electron chi connectivity index (χ3n) is 3.38. The number of aliphatic hydroxyl groups excluding tert-OH is 1. The molecule has 1 unspecified atom stereocenters. The number of hydrogen-bond donors (Lipinski definition) is 1. The Hall–Kier alpha value is -1.71. The molecule has 3 heteroatoms. The van der Waals surface area contributed by atoms with Gasteiger partial charge in [-0.2, -0.15) is 0 Å². The molecule has 0 saturated heterocycles. The van der Waals surface area contributed by atoms with Crippen LogP contribution in [0.15, 0.2) is 54.6 Å². The maximum atomic E-state index is 13.2. The quantitative estimate of drug-likeness (QED) is 0.736. The molecule has 3 aromatic rings. The molecule has 3 rings (SSSR count). The number of benzene rings is 2. The molecule has 0 aliphatic rings. The standard InChI is InChI=1S/C17H15FOS/c18-14-8-7-13-10-17(20-16(13)11-14)15(19)9-6-12-4-2-1-3-5-12/h1-5,7-8,10-11,15,19H,6,9H2. The van der Waals surface area contributed by atoms with E-state index < -0.39 is 6.10 Å². The molecule has 2 aromatic carbocycles. The molecular formula is C17H15FOS. The molecule has 1 aromatic heterocycles. The van der Waals surface area contributed by atoms with Crippen LogP contribution in [0.3, 0.4) is 0 Å². The van der Waals surface area contributed by atoms with Crippen molar-refractivity contribution in [2.24, 2.45) is 0 Å². The lowest BCUT2D eigenvalue weighted by Crippen LogP contribution is -1.97. The highest BCUT2D eigenvalue weighted by Gasteiger charge is 2.12. The Morgan fingerprint density at radius 3 is 2.65 bits per heavy atom. The van der Waals surface area contributed by atoms with Crippen molar-refractivity contribution in [1.29, 1.82) is 0 Å². The Balaban J connectivity index is 1.73. The molecule has 0 saturated carbocycles. The third-order valence-corrected chi connectivity index (χ3v) is 4.58. The number of hydrogen-bond acceptors (Lipinski definition) is 2. The van der Waals surface area contributed by atoms with Crippen molar-refractivity contribution in [3.63, 3.8) is 0 Å². The molecule has 0 bridgehead atoms. The topological polar surface area (TPSA) is 20.2 Å². The SMILES string of the molecule is OC(CCc1ccccc1)c1cc2ccc(F)cc2s1. The minimum Gasteiger partial charge on any atom is -0.388 e. The first kappa shape index (κ1) is 13.3. The molecule has 0 fully saturated rings. The van der Waals surface area contributed by atoms with Crippen molar-refractivity contribution in [2.75, 3.05) is 0 Å². The molecule has 0 amide bonds. The summed E-state index contributed by atoms with van der Waals surface area (Å²) in [6.07, 6.45) is 1.03. The summed E-state index contributed by atoms with van der Waals surface area (Å²) in [5, 5.41) is 11.3. The van der Waals surface area contributed by atoms with Crippen LogP contribution in [0.2, 0.25) is 0 Å². The van der Waals surface area contributed by atoms with Crippen LogP contribution in [-0.2, 0) is 6.42 Å². The Kier molecular flexibility index (Phi) is 3.81. The number of thiophene rings is 1. The van der Waals surface area contributed by atoms with Crippen LogP contribution in [0.1, 0.15) is 23.0 Å². The first-order chi connectivity index (χ1) is 9.72. The van der Waals surface area contributed by atoms with Gasteiger partial charge in [0, 0.05) is 9.58 Å². The van der Waals surface area contributed by atoms with Crippen LogP contribution in [0.5, 0.6) is 0 Å². The highest BCUT2D eigenvalue weighted by molar-refractivity contribution is 7.19. The van der Waals surface area contributed by atoms with E-state index in [2.05, 4.69) is 12.1 Å². The van der Waals surface area contributed by atoms with Crippen LogP contribution < -0.4 is 0 Å². The van der Waals surface area contributed by atoms with Gasteiger partial charge in [-0.15, -0.1) is 11.3 Å². The lowest BCUT2D eigenvalue weighted by atomic mass is 10.1. The van der Waals surface area contributed by atoms with Crippen molar-refractivity contribution in [3.05, 3.63) is 70.9 Å². The van der Waals surface area contributed by atoms with Gasteiger partial charge < -0.3 is 5.11 Å². The van der Waals surface area contributed by atoms with E-state index in [4.69, 9.17) is 0 Å². The molecule has 0 spiro atoms. The zero-order valence-corrected chi connectivity index (χ0v) is 11.7. The first-order valence-corrected chi connectivity index (χ1v) is 7.45. The summed E-state index contributed by atoms with van der Waals surface area (Å²) in [5.41, 5.74) is 1.22. The molecule has 1 nitrogen and oxygen atoms in total. The minimum absolute atomic E-state index is 0.232. The van der Waals surface area contributed by atoms with Gasteiger partial charge in [0.2, 0.25) is 0 Å². The van der Waals surface area contributed by atoms with E-state index in [0.29, 0.717) is 6.42 Å². The summed E-state index contributed by atoms with van der Waals surface area (Å²) < 4.78 is 14.0. The monoisotopic (exact) mass is 286 g/mol. The zero-order chi connectivity index (χ0) is 13.9. The second-order valence-corrected chi connectivity index (χ2v) is 5.99. The summed E-state index contributed by atoms with van der Waals surface area (Å²) in [6, 6.07) is 16.8. The first-order valence-electron chi connectivity index (χ1n) is 6.63. The number of rotatable bonds is 4. The predicted molar refractivity (Wildman–Crippen MR) is 81.5 cm³/mol. The van der Waals surface area contributed by atoms with Gasteiger partial charge in [-0.25, -0.2) is 4.39 Å². The van der Waals surface area contributed by atoms with Gasteiger partial charge in [0.05, 0.1) is 6.10 Å². The fourth-order valence-electron chi connectivity index (χ4n) is 2.28. The summed E-state index contributed by atoms with van der Waals surface area (Å²) in [4.78, 5) is 0.904. The van der Waals surface area contributed by atoms with E-state index in [-0.39, 0.29) is 5.82 Å². The second-order valence-electron chi connectivity index (χ2n) is 4.87. The molecule has 1 atom stereocenters. The van der Waals surface area contributed by atoms with Crippen LogP contribution >= 0.6 is 11.3 Å². The molecule has 0 aliphatic heterocycles. The molecule has 0 radical (unpaired) electrons. The molecule has 102 valence electrons. The molecular weight excluding hydrogens is 271 g/mol. The summed E-state index contributed by atoms with van der Waals surface area (Å²) >= 11 is 1.46. The lowest BCUT2D eigenvalue weighted by molar-refractivity contribution is 0.171. The number of aliphatic hydroxyl groups is 1. The van der Waals surface area contributed by atoms with Gasteiger partial charge >= 0.3 is 0 Å². The Morgan fingerprint density at radius 1 is 1.05 bits per heavy atom. The fraction of sp³-hybridized carbons (Fsp3) is 0.176. The average Bonchev–Trinajstić information content (AvgIpc) is 2.89. The number of aryl methyl sites for hydroxylation is 1. The van der Waals surface area contributed by atoms with Gasteiger partial charge in [0.1, 0.15) is 5.82 Å². The maximum absolute atomic E-state index is 13.2. The van der Waals surface area contributed by atoms with Crippen LogP contribution in [-0.4, -0.2) is 5.11 Å².